The number of piperidine rings is 1. The van der Waals surface area contributed by atoms with Gasteiger partial charge in [-0.25, -0.2) is 4.98 Å². The summed E-state index contributed by atoms with van der Waals surface area (Å²) in [6.07, 6.45) is 3.33. The number of aromatic nitrogens is 1. The van der Waals surface area contributed by atoms with E-state index in [9.17, 15) is 4.79 Å². The molecule has 1 aromatic heterocycles. The first-order chi connectivity index (χ1) is 12.5. The van der Waals surface area contributed by atoms with Crippen molar-refractivity contribution in [1.82, 2.24) is 4.98 Å². The normalized spacial score (nSPS) is 15.3. The van der Waals surface area contributed by atoms with Crippen LogP contribution in [-0.2, 0) is 4.79 Å². The SMILES string of the molecule is Cc1cccc(C(C)C)c1NC(=O)C1CCN(c2ccc(Cl)cn2)CC1. The fourth-order valence-corrected chi connectivity index (χ4v) is 3.61. The number of pyridine rings is 1. The van der Waals surface area contributed by atoms with Gasteiger partial charge in [0.1, 0.15) is 5.82 Å². The van der Waals surface area contributed by atoms with Crippen molar-refractivity contribution in [2.24, 2.45) is 5.92 Å². The summed E-state index contributed by atoms with van der Waals surface area (Å²) >= 11 is 5.91. The standard InChI is InChI=1S/C21H26ClN3O/c1-14(2)18-6-4-5-15(3)20(18)24-21(26)16-9-11-25(12-10-16)19-8-7-17(22)13-23-19/h4-8,13-14,16H,9-12H2,1-3H3,(H,24,26). The van der Waals surface area contributed by atoms with Gasteiger partial charge in [-0.05, 0) is 48.9 Å². The topological polar surface area (TPSA) is 45.2 Å². The lowest BCUT2D eigenvalue weighted by Crippen LogP contribution is -2.38. The van der Waals surface area contributed by atoms with Crippen LogP contribution in [0.3, 0.4) is 0 Å². The van der Waals surface area contributed by atoms with Gasteiger partial charge in [0.25, 0.3) is 0 Å². The Labute approximate surface area is 160 Å². The first-order valence-electron chi connectivity index (χ1n) is 9.22. The Morgan fingerprint density at radius 3 is 2.58 bits per heavy atom. The summed E-state index contributed by atoms with van der Waals surface area (Å²) in [6, 6.07) is 10.00. The van der Waals surface area contributed by atoms with Crippen LogP contribution < -0.4 is 10.2 Å². The molecule has 1 saturated heterocycles. The van der Waals surface area contributed by atoms with E-state index in [4.69, 9.17) is 11.6 Å². The predicted octanol–water partition coefficient (Wildman–Crippen LogP) is 5.02. The molecule has 1 N–H and O–H groups in total. The van der Waals surface area contributed by atoms with E-state index in [-0.39, 0.29) is 11.8 Å². The number of carbonyl (C=O) groups is 1. The molecule has 138 valence electrons. The van der Waals surface area contributed by atoms with Gasteiger partial charge in [-0.2, -0.15) is 0 Å². The van der Waals surface area contributed by atoms with Gasteiger partial charge in [-0.3, -0.25) is 4.79 Å². The minimum atomic E-state index is 0.0400. The second-order valence-electron chi connectivity index (χ2n) is 7.28. The van der Waals surface area contributed by atoms with Crippen molar-refractivity contribution in [1.29, 1.82) is 0 Å². The maximum absolute atomic E-state index is 12.8. The van der Waals surface area contributed by atoms with Crippen molar-refractivity contribution >= 4 is 29.0 Å². The molecule has 1 amide bonds. The summed E-state index contributed by atoms with van der Waals surface area (Å²) in [5, 5.41) is 3.84. The highest BCUT2D eigenvalue weighted by atomic mass is 35.5. The van der Waals surface area contributed by atoms with Gasteiger partial charge in [0, 0.05) is 30.9 Å². The molecule has 0 radical (unpaired) electrons. The summed E-state index contributed by atoms with van der Waals surface area (Å²) in [6.45, 7) is 8.02. The van der Waals surface area contributed by atoms with Gasteiger partial charge in [-0.15, -0.1) is 0 Å². The molecule has 1 aliphatic rings. The Balaban J connectivity index is 1.63. The Hall–Kier alpha value is -2.07. The average Bonchev–Trinajstić information content (AvgIpc) is 2.64. The molecule has 0 aliphatic carbocycles. The number of amides is 1. The van der Waals surface area contributed by atoms with Crippen LogP contribution in [0, 0.1) is 12.8 Å². The minimum Gasteiger partial charge on any atom is -0.357 e. The van der Waals surface area contributed by atoms with Gasteiger partial charge in [0.15, 0.2) is 0 Å². The lowest BCUT2D eigenvalue weighted by atomic mass is 9.94. The molecular weight excluding hydrogens is 346 g/mol. The predicted molar refractivity (Wildman–Crippen MR) is 108 cm³/mol. The number of benzene rings is 1. The molecule has 26 heavy (non-hydrogen) atoms. The molecule has 1 aromatic carbocycles. The lowest BCUT2D eigenvalue weighted by Gasteiger charge is -2.32. The van der Waals surface area contributed by atoms with E-state index in [1.807, 2.05) is 12.1 Å². The summed E-state index contributed by atoms with van der Waals surface area (Å²) < 4.78 is 0. The van der Waals surface area contributed by atoms with E-state index in [2.05, 4.69) is 54.2 Å². The number of nitrogens with zero attached hydrogens (tertiary/aromatic N) is 2. The highest BCUT2D eigenvalue weighted by Gasteiger charge is 2.26. The number of nitrogens with one attached hydrogen (secondary N) is 1. The third-order valence-corrected chi connectivity index (χ3v) is 5.30. The van der Waals surface area contributed by atoms with Gasteiger partial charge < -0.3 is 10.2 Å². The maximum Gasteiger partial charge on any atom is 0.227 e. The molecule has 1 aliphatic heterocycles. The quantitative estimate of drug-likeness (QED) is 0.820. The van der Waals surface area contributed by atoms with Crippen LogP contribution in [0.1, 0.15) is 43.7 Å². The van der Waals surface area contributed by atoms with Crippen LogP contribution in [0.2, 0.25) is 5.02 Å². The van der Waals surface area contributed by atoms with Crippen molar-refractivity contribution in [2.45, 2.75) is 39.5 Å². The maximum atomic E-state index is 12.8. The molecule has 0 unspecified atom stereocenters. The Morgan fingerprint density at radius 1 is 1.23 bits per heavy atom. The summed E-state index contributed by atoms with van der Waals surface area (Å²) in [5.41, 5.74) is 3.29. The van der Waals surface area contributed by atoms with Crippen LogP contribution in [0.25, 0.3) is 0 Å². The second-order valence-corrected chi connectivity index (χ2v) is 7.72. The zero-order chi connectivity index (χ0) is 18.7. The van der Waals surface area contributed by atoms with Crippen LogP contribution in [-0.4, -0.2) is 24.0 Å². The molecule has 3 rings (SSSR count). The molecule has 1 fully saturated rings. The summed E-state index contributed by atoms with van der Waals surface area (Å²) in [7, 11) is 0. The third kappa shape index (κ3) is 4.18. The zero-order valence-electron chi connectivity index (χ0n) is 15.6. The molecule has 5 heteroatoms. The largest absolute Gasteiger partial charge is 0.357 e. The fourth-order valence-electron chi connectivity index (χ4n) is 3.49. The van der Waals surface area contributed by atoms with Crippen molar-refractivity contribution in [3.63, 3.8) is 0 Å². The van der Waals surface area contributed by atoms with E-state index in [1.165, 1.54) is 5.56 Å². The number of rotatable bonds is 4. The fraction of sp³-hybridized carbons (Fsp3) is 0.429. The summed E-state index contributed by atoms with van der Waals surface area (Å²) in [5.74, 6) is 1.47. The highest BCUT2D eigenvalue weighted by Crippen LogP contribution is 2.29. The Morgan fingerprint density at radius 2 is 1.96 bits per heavy atom. The Bertz CT molecular complexity index is 765. The van der Waals surface area contributed by atoms with E-state index < -0.39 is 0 Å². The number of hydrogen-bond donors (Lipinski definition) is 1. The molecule has 0 spiro atoms. The van der Waals surface area contributed by atoms with Crippen LogP contribution in [0.15, 0.2) is 36.5 Å². The van der Waals surface area contributed by atoms with Crippen molar-refractivity contribution in [2.75, 3.05) is 23.3 Å². The van der Waals surface area contributed by atoms with Crippen molar-refractivity contribution in [3.8, 4) is 0 Å². The highest BCUT2D eigenvalue weighted by molar-refractivity contribution is 6.30. The van der Waals surface area contributed by atoms with Crippen LogP contribution in [0.5, 0.6) is 0 Å². The number of para-hydroxylation sites is 1. The first-order valence-corrected chi connectivity index (χ1v) is 9.60. The van der Waals surface area contributed by atoms with Gasteiger partial charge in [-0.1, -0.05) is 43.6 Å². The number of carbonyl (C=O) groups excluding carboxylic acids is 1. The van der Waals surface area contributed by atoms with E-state index in [1.54, 1.807) is 6.20 Å². The number of aryl methyl sites for hydroxylation is 1. The van der Waals surface area contributed by atoms with Crippen LogP contribution >= 0.6 is 11.6 Å². The molecule has 2 heterocycles. The van der Waals surface area contributed by atoms with E-state index >= 15 is 0 Å². The van der Waals surface area contributed by atoms with Gasteiger partial charge in [0.2, 0.25) is 5.91 Å². The zero-order valence-corrected chi connectivity index (χ0v) is 16.4. The number of halogens is 1. The smallest absolute Gasteiger partial charge is 0.227 e. The second kappa shape index (κ2) is 8.09. The summed E-state index contributed by atoms with van der Waals surface area (Å²) in [4.78, 5) is 19.4. The van der Waals surface area contributed by atoms with Crippen molar-refractivity contribution in [3.05, 3.63) is 52.7 Å². The Kier molecular flexibility index (Phi) is 5.82. The molecule has 0 saturated carbocycles. The van der Waals surface area contributed by atoms with Crippen LogP contribution in [0.4, 0.5) is 11.5 Å². The minimum absolute atomic E-state index is 0.0400. The third-order valence-electron chi connectivity index (χ3n) is 5.08. The number of anilines is 2. The first kappa shape index (κ1) is 18.7. The molecule has 0 bridgehead atoms. The molecule has 2 aromatic rings. The van der Waals surface area contributed by atoms with E-state index in [0.29, 0.717) is 10.9 Å². The van der Waals surface area contributed by atoms with Gasteiger partial charge in [0.05, 0.1) is 5.02 Å². The van der Waals surface area contributed by atoms with Gasteiger partial charge >= 0.3 is 0 Å². The van der Waals surface area contributed by atoms with Crippen molar-refractivity contribution < 1.29 is 4.79 Å². The monoisotopic (exact) mass is 371 g/mol. The molecule has 0 atom stereocenters. The lowest BCUT2D eigenvalue weighted by molar-refractivity contribution is -0.120. The molecular formula is C21H26ClN3O. The number of hydrogen-bond acceptors (Lipinski definition) is 3. The molecule has 4 nitrogen and oxygen atoms in total. The van der Waals surface area contributed by atoms with E-state index in [0.717, 1.165) is 43.0 Å². The average molecular weight is 372 g/mol.